The summed E-state index contributed by atoms with van der Waals surface area (Å²) >= 11 is 0. The van der Waals surface area contributed by atoms with E-state index in [1.54, 1.807) is 0 Å². The Hall–Kier alpha value is -0.770. The first-order chi connectivity index (χ1) is 6.89. The fourth-order valence-corrected chi connectivity index (χ4v) is 1.13. The molecule has 0 spiro atoms. The lowest BCUT2D eigenvalue weighted by Gasteiger charge is -2.22. The number of ether oxygens (including phenoxy) is 1. The molecule has 0 aromatic heterocycles. The molecule has 0 radical (unpaired) electrons. The molecule has 0 bridgehead atoms. The fraction of sp³-hybridized carbons (Fsp3) is 0.909. The summed E-state index contributed by atoms with van der Waals surface area (Å²) in [6.45, 7) is 7.47. The molecule has 90 valence electrons. The van der Waals surface area contributed by atoms with Crippen LogP contribution in [-0.4, -0.2) is 29.4 Å². The molecular weight excluding hydrogens is 194 g/mol. The van der Waals surface area contributed by atoms with Crippen LogP contribution in [0.5, 0.6) is 0 Å². The van der Waals surface area contributed by atoms with Crippen molar-refractivity contribution in [2.45, 2.75) is 58.6 Å². The molecule has 0 saturated carbocycles. The number of unbranched alkanes of at least 4 members (excludes halogenated alkanes) is 1. The van der Waals surface area contributed by atoms with E-state index in [2.05, 4.69) is 12.2 Å². The third-order valence-electron chi connectivity index (χ3n) is 1.85. The highest BCUT2D eigenvalue weighted by Gasteiger charge is 2.18. The van der Waals surface area contributed by atoms with Crippen LogP contribution in [-0.2, 0) is 4.74 Å². The summed E-state index contributed by atoms with van der Waals surface area (Å²) in [7, 11) is 0. The van der Waals surface area contributed by atoms with E-state index < -0.39 is 11.7 Å². The molecule has 0 aromatic rings. The molecule has 0 unspecified atom stereocenters. The molecular formula is C11H23NO3. The van der Waals surface area contributed by atoms with E-state index in [1.165, 1.54) is 0 Å². The first kappa shape index (κ1) is 14.2. The quantitative estimate of drug-likeness (QED) is 0.741. The Morgan fingerprint density at radius 1 is 1.47 bits per heavy atom. The van der Waals surface area contributed by atoms with Gasteiger partial charge in [0, 0.05) is 0 Å². The average Bonchev–Trinajstić information content (AvgIpc) is 2.09. The lowest BCUT2D eigenvalue weighted by molar-refractivity contribution is 0.0478. The van der Waals surface area contributed by atoms with Gasteiger partial charge < -0.3 is 15.2 Å². The summed E-state index contributed by atoms with van der Waals surface area (Å²) in [4.78, 5) is 11.3. The summed E-state index contributed by atoms with van der Waals surface area (Å²) < 4.78 is 5.09. The predicted octanol–water partition coefficient (Wildman–Crippen LogP) is 2.06. The minimum Gasteiger partial charge on any atom is -0.444 e. The van der Waals surface area contributed by atoms with Crippen molar-refractivity contribution in [3.05, 3.63) is 0 Å². The molecule has 1 atom stereocenters. The van der Waals surface area contributed by atoms with Crippen LogP contribution in [0.1, 0.15) is 47.0 Å². The molecule has 2 N–H and O–H groups in total. The maximum atomic E-state index is 11.3. The number of hydrogen-bond donors (Lipinski definition) is 2. The van der Waals surface area contributed by atoms with Gasteiger partial charge in [0.2, 0.25) is 0 Å². The normalized spacial score (nSPS) is 13.4. The molecule has 0 saturated heterocycles. The Kier molecular flexibility index (Phi) is 6.32. The fourth-order valence-electron chi connectivity index (χ4n) is 1.13. The van der Waals surface area contributed by atoms with E-state index in [-0.39, 0.29) is 12.6 Å². The first-order valence-corrected chi connectivity index (χ1v) is 5.49. The standard InChI is InChI=1S/C11H23NO3/c1-5-6-7-9(8-13)12-10(14)15-11(2,3)4/h9,13H,5-8H2,1-4H3,(H,12,14)/t9-/m1/s1. The second-order valence-corrected chi connectivity index (χ2v) is 4.67. The van der Waals surface area contributed by atoms with Crippen molar-refractivity contribution in [1.29, 1.82) is 0 Å². The van der Waals surface area contributed by atoms with E-state index >= 15 is 0 Å². The lowest BCUT2D eigenvalue weighted by Crippen LogP contribution is -2.40. The Balaban J connectivity index is 3.91. The van der Waals surface area contributed by atoms with Gasteiger partial charge in [0.25, 0.3) is 0 Å². The number of hydrogen-bond acceptors (Lipinski definition) is 3. The van der Waals surface area contributed by atoms with E-state index in [1.807, 2.05) is 20.8 Å². The van der Waals surface area contributed by atoms with Gasteiger partial charge >= 0.3 is 6.09 Å². The number of aliphatic hydroxyl groups excluding tert-OH is 1. The maximum Gasteiger partial charge on any atom is 0.407 e. The van der Waals surface area contributed by atoms with Crippen molar-refractivity contribution in [1.82, 2.24) is 5.32 Å². The zero-order valence-corrected chi connectivity index (χ0v) is 10.2. The molecule has 1 amide bonds. The molecule has 4 heteroatoms. The van der Waals surface area contributed by atoms with Gasteiger partial charge in [-0.25, -0.2) is 4.79 Å². The van der Waals surface area contributed by atoms with Gasteiger partial charge in [-0.05, 0) is 27.2 Å². The Labute approximate surface area is 92.0 Å². The van der Waals surface area contributed by atoms with Gasteiger partial charge in [-0.2, -0.15) is 0 Å². The number of rotatable bonds is 5. The molecule has 0 fully saturated rings. The molecule has 0 aliphatic heterocycles. The summed E-state index contributed by atoms with van der Waals surface area (Å²) in [6, 6.07) is -0.195. The second kappa shape index (κ2) is 6.67. The maximum absolute atomic E-state index is 11.3. The van der Waals surface area contributed by atoms with Crippen molar-refractivity contribution in [2.24, 2.45) is 0 Å². The summed E-state index contributed by atoms with van der Waals surface area (Å²) in [5, 5.41) is 11.7. The molecule has 0 aliphatic rings. The molecule has 0 rings (SSSR count). The third-order valence-corrected chi connectivity index (χ3v) is 1.85. The van der Waals surface area contributed by atoms with Gasteiger partial charge in [0.15, 0.2) is 0 Å². The number of nitrogens with one attached hydrogen (secondary N) is 1. The Morgan fingerprint density at radius 3 is 2.47 bits per heavy atom. The zero-order chi connectivity index (χ0) is 11.9. The lowest BCUT2D eigenvalue weighted by atomic mass is 10.1. The van der Waals surface area contributed by atoms with Gasteiger partial charge in [-0.1, -0.05) is 19.8 Å². The average molecular weight is 217 g/mol. The van der Waals surface area contributed by atoms with E-state index in [4.69, 9.17) is 9.84 Å². The van der Waals surface area contributed by atoms with Crippen molar-refractivity contribution in [2.75, 3.05) is 6.61 Å². The van der Waals surface area contributed by atoms with Crippen LogP contribution in [0, 0.1) is 0 Å². The monoisotopic (exact) mass is 217 g/mol. The predicted molar refractivity (Wildman–Crippen MR) is 59.8 cm³/mol. The number of alkyl carbamates (subject to hydrolysis) is 1. The van der Waals surface area contributed by atoms with Gasteiger partial charge in [0.1, 0.15) is 5.60 Å². The van der Waals surface area contributed by atoms with Crippen molar-refractivity contribution in [3.8, 4) is 0 Å². The number of carbonyl (C=O) groups excluding carboxylic acids is 1. The largest absolute Gasteiger partial charge is 0.444 e. The Morgan fingerprint density at radius 2 is 2.07 bits per heavy atom. The van der Waals surface area contributed by atoms with Gasteiger partial charge in [0.05, 0.1) is 12.6 Å². The van der Waals surface area contributed by atoms with E-state index in [0.717, 1.165) is 19.3 Å². The van der Waals surface area contributed by atoms with Gasteiger partial charge in [-0.15, -0.1) is 0 Å². The van der Waals surface area contributed by atoms with Crippen LogP contribution in [0.4, 0.5) is 4.79 Å². The summed E-state index contributed by atoms with van der Waals surface area (Å²) in [5.41, 5.74) is -0.491. The van der Waals surface area contributed by atoms with Crippen molar-refractivity contribution >= 4 is 6.09 Å². The highest BCUT2D eigenvalue weighted by atomic mass is 16.6. The SMILES string of the molecule is CCCC[C@H](CO)NC(=O)OC(C)(C)C. The van der Waals surface area contributed by atoms with Crippen LogP contribution in [0.15, 0.2) is 0 Å². The molecule has 4 nitrogen and oxygen atoms in total. The number of aliphatic hydroxyl groups is 1. The smallest absolute Gasteiger partial charge is 0.407 e. The van der Waals surface area contributed by atoms with Gasteiger partial charge in [-0.3, -0.25) is 0 Å². The molecule has 15 heavy (non-hydrogen) atoms. The number of carbonyl (C=O) groups is 1. The van der Waals surface area contributed by atoms with Crippen LogP contribution < -0.4 is 5.32 Å². The highest BCUT2D eigenvalue weighted by molar-refractivity contribution is 5.68. The summed E-state index contributed by atoms with van der Waals surface area (Å²) in [6.07, 6.45) is 2.36. The molecule has 0 heterocycles. The van der Waals surface area contributed by atoms with Crippen LogP contribution in [0.3, 0.4) is 0 Å². The third kappa shape index (κ3) is 8.24. The Bertz CT molecular complexity index is 187. The minimum atomic E-state index is -0.491. The highest BCUT2D eigenvalue weighted by Crippen LogP contribution is 2.07. The molecule has 0 aromatic carbocycles. The number of amides is 1. The molecule has 0 aliphatic carbocycles. The van der Waals surface area contributed by atoms with E-state index in [9.17, 15) is 4.79 Å². The van der Waals surface area contributed by atoms with Crippen molar-refractivity contribution < 1.29 is 14.6 Å². The minimum absolute atomic E-state index is 0.0424. The first-order valence-electron chi connectivity index (χ1n) is 5.49. The van der Waals surface area contributed by atoms with Crippen LogP contribution >= 0.6 is 0 Å². The van der Waals surface area contributed by atoms with Crippen LogP contribution in [0.2, 0.25) is 0 Å². The van der Waals surface area contributed by atoms with Crippen LogP contribution in [0.25, 0.3) is 0 Å². The van der Waals surface area contributed by atoms with Crippen molar-refractivity contribution in [3.63, 3.8) is 0 Å². The topological polar surface area (TPSA) is 58.6 Å². The zero-order valence-electron chi connectivity index (χ0n) is 10.2. The van der Waals surface area contributed by atoms with E-state index in [0.29, 0.717) is 0 Å². The second-order valence-electron chi connectivity index (χ2n) is 4.67. The summed E-state index contributed by atoms with van der Waals surface area (Å²) in [5.74, 6) is 0.